The number of hydrogen-bond donors (Lipinski definition) is 0. The van der Waals surface area contributed by atoms with Gasteiger partial charge in [-0.15, -0.1) is 22.7 Å². The second-order valence-electron chi connectivity index (χ2n) is 14.1. The summed E-state index contributed by atoms with van der Waals surface area (Å²) in [6.07, 6.45) is 0. The first-order chi connectivity index (χ1) is 27.3. The first-order valence-corrected chi connectivity index (χ1v) is 20.3. The smallest absolute Gasteiger partial charge is 0.0640 e. The number of hydrogen-bond acceptors (Lipinski definition) is 3. The van der Waals surface area contributed by atoms with Crippen LogP contribution in [0.1, 0.15) is 0 Å². The van der Waals surface area contributed by atoms with Crippen LogP contribution in [0.5, 0.6) is 0 Å². The summed E-state index contributed by atoms with van der Waals surface area (Å²) >= 11 is 3.74. The monoisotopic (exact) mass is 735 g/mol. The van der Waals surface area contributed by atoms with Crippen LogP contribution in [0.4, 0.5) is 17.1 Å². The van der Waals surface area contributed by atoms with E-state index in [0.717, 1.165) is 11.4 Å². The summed E-state index contributed by atoms with van der Waals surface area (Å²) in [4.78, 5) is 2.52. The molecule has 0 saturated heterocycles. The van der Waals surface area contributed by atoms with Crippen LogP contribution in [0.15, 0.2) is 200 Å². The Kier molecular flexibility index (Phi) is 7.61. The van der Waals surface area contributed by atoms with E-state index in [0.29, 0.717) is 0 Å². The molecule has 0 aliphatic rings. The lowest BCUT2D eigenvalue weighted by atomic mass is 9.94. The van der Waals surface area contributed by atoms with Crippen LogP contribution < -0.4 is 4.90 Å². The van der Waals surface area contributed by atoms with Gasteiger partial charge in [0.2, 0.25) is 0 Å². The Morgan fingerprint density at radius 3 is 1.64 bits per heavy atom. The lowest BCUT2D eigenvalue weighted by Crippen LogP contribution is -2.11. The number of nitrogens with zero attached hydrogens (tertiary/aromatic N) is 1. The van der Waals surface area contributed by atoms with Gasteiger partial charge in [0.25, 0.3) is 0 Å². The number of rotatable bonds is 6. The zero-order chi connectivity index (χ0) is 36.3. The fraction of sp³-hybridized carbons (Fsp3) is 0. The molecule has 0 saturated carbocycles. The first-order valence-electron chi connectivity index (χ1n) is 18.7. The molecule has 0 unspecified atom stereocenters. The minimum Gasteiger partial charge on any atom is -0.308 e. The molecule has 0 spiro atoms. The van der Waals surface area contributed by atoms with Crippen molar-refractivity contribution in [2.75, 3.05) is 4.90 Å². The molecule has 0 atom stereocenters. The Morgan fingerprint density at radius 2 is 0.873 bits per heavy atom. The van der Waals surface area contributed by atoms with Crippen LogP contribution in [-0.4, -0.2) is 0 Å². The van der Waals surface area contributed by atoms with E-state index in [1.54, 1.807) is 0 Å². The highest BCUT2D eigenvalue weighted by molar-refractivity contribution is 7.26. The molecule has 0 radical (unpaired) electrons. The molecule has 2 aromatic heterocycles. The van der Waals surface area contributed by atoms with Crippen LogP contribution >= 0.6 is 22.7 Å². The maximum atomic E-state index is 2.52. The van der Waals surface area contributed by atoms with Crippen molar-refractivity contribution in [3.05, 3.63) is 200 Å². The highest BCUT2D eigenvalue weighted by Crippen LogP contribution is 2.49. The van der Waals surface area contributed by atoms with Gasteiger partial charge in [-0.05, 0) is 93.4 Å². The fourth-order valence-corrected chi connectivity index (χ4v) is 10.6. The van der Waals surface area contributed by atoms with Crippen molar-refractivity contribution in [2.45, 2.75) is 0 Å². The van der Waals surface area contributed by atoms with Gasteiger partial charge in [-0.25, -0.2) is 0 Å². The third-order valence-electron chi connectivity index (χ3n) is 10.8. The van der Waals surface area contributed by atoms with Gasteiger partial charge in [0.05, 0.1) is 16.1 Å². The lowest BCUT2D eigenvalue weighted by Gasteiger charge is -2.29. The Balaban J connectivity index is 1.21. The van der Waals surface area contributed by atoms with E-state index >= 15 is 0 Å². The average Bonchev–Trinajstić information content (AvgIpc) is 3.83. The van der Waals surface area contributed by atoms with Crippen molar-refractivity contribution < 1.29 is 0 Å². The molecule has 0 fully saturated rings. The number of fused-ring (bicyclic) bond motifs is 7. The quantitative estimate of drug-likeness (QED) is 0.164. The second-order valence-corrected chi connectivity index (χ2v) is 16.2. The number of thiophene rings is 2. The molecule has 0 aliphatic carbocycles. The Morgan fingerprint density at radius 1 is 0.291 bits per heavy atom. The van der Waals surface area contributed by atoms with Crippen LogP contribution in [0, 0.1) is 0 Å². The first kappa shape index (κ1) is 32.0. The summed E-state index contributed by atoms with van der Waals surface area (Å²) in [7, 11) is 0. The molecular weight excluding hydrogens is 703 g/mol. The maximum absolute atomic E-state index is 2.52. The fourth-order valence-electron chi connectivity index (χ4n) is 8.27. The molecule has 55 heavy (non-hydrogen) atoms. The molecular formula is C52H33NS2. The summed E-state index contributed by atoms with van der Waals surface area (Å²) < 4.78 is 5.20. The van der Waals surface area contributed by atoms with Crippen molar-refractivity contribution >= 4 is 90.9 Å². The zero-order valence-electron chi connectivity index (χ0n) is 29.8. The van der Waals surface area contributed by atoms with Crippen LogP contribution in [0.25, 0.3) is 84.5 Å². The standard InChI is InChI=1S/C52H33NS2/c1-3-14-34(15-4-1)37-30-38(36-26-29-51-46(33-36)44-21-10-11-24-49(44)54-51)32-39(31-37)53(48-23-13-22-45-43-20-9-12-25-50(43)55-52(45)48)47-28-27-40(35-16-5-2-6-17-35)41-18-7-8-19-42(41)47/h1-33H. The van der Waals surface area contributed by atoms with Gasteiger partial charge in [-0.3, -0.25) is 0 Å². The van der Waals surface area contributed by atoms with Crippen LogP contribution in [0.2, 0.25) is 0 Å². The predicted molar refractivity (Wildman–Crippen MR) is 241 cm³/mol. The minimum atomic E-state index is 1.12. The van der Waals surface area contributed by atoms with E-state index in [2.05, 4.69) is 205 Å². The van der Waals surface area contributed by atoms with E-state index < -0.39 is 0 Å². The molecule has 0 N–H and O–H groups in total. The van der Waals surface area contributed by atoms with Gasteiger partial charge < -0.3 is 4.90 Å². The van der Waals surface area contributed by atoms with Gasteiger partial charge >= 0.3 is 0 Å². The van der Waals surface area contributed by atoms with Crippen LogP contribution in [-0.2, 0) is 0 Å². The highest BCUT2D eigenvalue weighted by atomic mass is 32.1. The molecule has 2 heterocycles. The summed E-state index contributed by atoms with van der Waals surface area (Å²) in [5, 5.41) is 7.63. The Hall–Kier alpha value is -6.52. The third kappa shape index (κ3) is 5.43. The number of benzene rings is 9. The second kappa shape index (κ2) is 13.1. The molecule has 0 amide bonds. The van der Waals surface area contributed by atoms with Gasteiger partial charge in [0.15, 0.2) is 0 Å². The molecule has 3 heteroatoms. The molecule has 0 aliphatic heterocycles. The van der Waals surface area contributed by atoms with E-state index in [-0.39, 0.29) is 0 Å². The lowest BCUT2D eigenvalue weighted by molar-refractivity contribution is 1.32. The topological polar surface area (TPSA) is 3.24 Å². The normalized spacial score (nSPS) is 11.6. The van der Waals surface area contributed by atoms with Gasteiger partial charge in [-0.2, -0.15) is 0 Å². The summed E-state index contributed by atoms with van der Waals surface area (Å²) in [5.74, 6) is 0. The number of anilines is 3. The summed E-state index contributed by atoms with van der Waals surface area (Å²) in [6.45, 7) is 0. The van der Waals surface area contributed by atoms with Gasteiger partial charge in [0, 0.05) is 46.7 Å². The van der Waals surface area contributed by atoms with E-state index in [9.17, 15) is 0 Å². The molecule has 1 nitrogen and oxygen atoms in total. The van der Waals surface area contributed by atoms with Crippen molar-refractivity contribution in [1.29, 1.82) is 0 Å². The van der Waals surface area contributed by atoms with Crippen LogP contribution in [0.3, 0.4) is 0 Å². The molecule has 11 aromatic rings. The Labute approximate surface area is 327 Å². The van der Waals surface area contributed by atoms with Crippen molar-refractivity contribution in [2.24, 2.45) is 0 Å². The average molecular weight is 736 g/mol. The maximum Gasteiger partial charge on any atom is 0.0640 e. The molecule has 258 valence electrons. The molecule has 11 rings (SSSR count). The zero-order valence-corrected chi connectivity index (χ0v) is 31.4. The Bertz CT molecular complexity index is 3210. The summed E-state index contributed by atoms with van der Waals surface area (Å²) in [5.41, 5.74) is 10.7. The highest BCUT2D eigenvalue weighted by Gasteiger charge is 2.22. The largest absolute Gasteiger partial charge is 0.308 e. The third-order valence-corrected chi connectivity index (χ3v) is 13.2. The van der Waals surface area contributed by atoms with E-state index in [1.807, 2.05) is 22.7 Å². The van der Waals surface area contributed by atoms with E-state index in [1.165, 1.54) is 90.2 Å². The van der Waals surface area contributed by atoms with E-state index in [4.69, 9.17) is 0 Å². The van der Waals surface area contributed by atoms with Crippen molar-refractivity contribution in [3.8, 4) is 33.4 Å². The minimum absolute atomic E-state index is 1.12. The van der Waals surface area contributed by atoms with Crippen molar-refractivity contribution in [1.82, 2.24) is 0 Å². The SMILES string of the molecule is c1ccc(-c2cc(-c3ccc4sc5ccccc5c4c3)cc(N(c3ccc(-c4ccccc4)c4ccccc34)c3cccc4c3sc3ccccc34)c2)cc1. The molecule has 0 bridgehead atoms. The predicted octanol–water partition coefficient (Wildman–Crippen LogP) is 16.0. The summed E-state index contributed by atoms with van der Waals surface area (Å²) in [6, 6.07) is 73.6. The van der Waals surface area contributed by atoms with Gasteiger partial charge in [0.1, 0.15) is 0 Å². The van der Waals surface area contributed by atoms with Gasteiger partial charge in [-0.1, -0.05) is 146 Å². The molecule has 9 aromatic carbocycles. The van der Waals surface area contributed by atoms with Crippen molar-refractivity contribution in [3.63, 3.8) is 0 Å².